The Morgan fingerprint density at radius 2 is 1.65 bits per heavy atom. The molecule has 2 aliphatic heterocycles. The van der Waals surface area contributed by atoms with E-state index in [0.29, 0.717) is 0 Å². The van der Waals surface area contributed by atoms with Gasteiger partial charge in [-0.1, -0.05) is 30.3 Å². The monoisotopic (exact) mass is 351 g/mol. The molecule has 4 rings (SSSR count). The molecule has 0 amide bonds. The number of ether oxygens (including phenoxy) is 2. The summed E-state index contributed by atoms with van der Waals surface area (Å²) in [7, 11) is 0. The first kappa shape index (κ1) is 17.4. The number of hydrogen-bond donors (Lipinski definition) is 0. The van der Waals surface area contributed by atoms with Gasteiger partial charge >= 0.3 is 0 Å². The predicted molar refractivity (Wildman–Crippen MR) is 106 cm³/mol. The average molecular weight is 351 g/mol. The second-order valence-corrected chi connectivity index (χ2v) is 7.53. The van der Waals surface area contributed by atoms with Gasteiger partial charge < -0.3 is 14.4 Å². The summed E-state index contributed by atoms with van der Waals surface area (Å²) in [6.45, 7) is 3.10. The lowest BCUT2D eigenvalue weighted by molar-refractivity contribution is -0.105. The van der Waals surface area contributed by atoms with Gasteiger partial charge in [0.25, 0.3) is 0 Å². The number of anilines is 1. The number of piperidine rings is 1. The molecular weight excluding hydrogens is 322 g/mol. The summed E-state index contributed by atoms with van der Waals surface area (Å²) in [6.07, 6.45) is 7.02. The van der Waals surface area contributed by atoms with Crippen molar-refractivity contribution < 1.29 is 9.47 Å². The standard InChI is InChI=1S/C23H29NO2/c1-2-6-19(7-3-1)18-20-13-15-24(16-14-20)21-9-11-22(12-10-21)26-23-8-4-5-17-25-23/h1-3,6-7,9-12,20,23H,4-5,8,13-18H2. The Labute approximate surface area is 156 Å². The first-order valence-electron chi connectivity index (χ1n) is 10.0. The van der Waals surface area contributed by atoms with Crippen LogP contribution in [0.1, 0.15) is 37.7 Å². The van der Waals surface area contributed by atoms with E-state index in [1.807, 2.05) is 0 Å². The molecule has 2 heterocycles. The molecule has 1 atom stereocenters. The van der Waals surface area contributed by atoms with E-state index in [4.69, 9.17) is 9.47 Å². The second-order valence-electron chi connectivity index (χ2n) is 7.53. The molecule has 2 fully saturated rings. The highest BCUT2D eigenvalue weighted by molar-refractivity contribution is 5.49. The zero-order chi connectivity index (χ0) is 17.6. The van der Waals surface area contributed by atoms with Gasteiger partial charge in [0.2, 0.25) is 0 Å². The zero-order valence-electron chi connectivity index (χ0n) is 15.5. The van der Waals surface area contributed by atoms with Crippen LogP contribution >= 0.6 is 0 Å². The lowest BCUT2D eigenvalue weighted by Crippen LogP contribution is -2.34. The fourth-order valence-electron chi connectivity index (χ4n) is 4.03. The van der Waals surface area contributed by atoms with Crippen molar-refractivity contribution in [2.75, 3.05) is 24.6 Å². The van der Waals surface area contributed by atoms with Gasteiger partial charge in [-0.05, 0) is 67.9 Å². The van der Waals surface area contributed by atoms with E-state index in [-0.39, 0.29) is 6.29 Å². The highest BCUT2D eigenvalue weighted by atomic mass is 16.7. The number of benzene rings is 2. The maximum Gasteiger partial charge on any atom is 0.199 e. The van der Waals surface area contributed by atoms with Crippen LogP contribution in [0.4, 0.5) is 5.69 Å². The Balaban J connectivity index is 1.27. The fourth-order valence-corrected chi connectivity index (χ4v) is 4.03. The second kappa shape index (κ2) is 8.59. The van der Waals surface area contributed by atoms with Crippen molar-refractivity contribution >= 4 is 5.69 Å². The van der Waals surface area contributed by atoms with Crippen LogP contribution in [0.3, 0.4) is 0 Å². The maximum absolute atomic E-state index is 5.94. The summed E-state index contributed by atoms with van der Waals surface area (Å²) >= 11 is 0. The molecule has 0 spiro atoms. The van der Waals surface area contributed by atoms with Gasteiger partial charge in [-0.3, -0.25) is 0 Å². The van der Waals surface area contributed by atoms with Crippen molar-refractivity contribution in [3.8, 4) is 5.75 Å². The lowest BCUT2D eigenvalue weighted by Gasteiger charge is -2.34. The molecule has 0 aliphatic carbocycles. The molecule has 3 heteroatoms. The molecule has 0 aromatic heterocycles. The molecule has 0 bridgehead atoms. The van der Waals surface area contributed by atoms with Crippen LogP contribution < -0.4 is 9.64 Å². The first-order valence-corrected chi connectivity index (χ1v) is 10.0. The molecule has 2 aromatic carbocycles. The van der Waals surface area contributed by atoms with Crippen LogP contribution in [0, 0.1) is 5.92 Å². The van der Waals surface area contributed by atoms with Crippen molar-refractivity contribution in [2.45, 2.75) is 44.8 Å². The van der Waals surface area contributed by atoms with Crippen LogP contribution in [0.2, 0.25) is 0 Å². The quantitative estimate of drug-likeness (QED) is 0.752. The Hall–Kier alpha value is -2.00. The Morgan fingerprint density at radius 3 is 2.35 bits per heavy atom. The van der Waals surface area contributed by atoms with Gasteiger partial charge in [-0.15, -0.1) is 0 Å². The van der Waals surface area contributed by atoms with E-state index < -0.39 is 0 Å². The molecule has 2 saturated heterocycles. The molecule has 26 heavy (non-hydrogen) atoms. The first-order chi connectivity index (χ1) is 12.9. The van der Waals surface area contributed by atoms with E-state index >= 15 is 0 Å². The normalized spacial score (nSPS) is 21.5. The van der Waals surface area contributed by atoms with Crippen LogP contribution in [-0.4, -0.2) is 26.0 Å². The number of hydrogen-bond acceptors (Lipinski definition) is 3. The van der Waals surface area contributed by atoms with Crippen molar-refractivity contribution in [1.82, 2.24) is 0 Å². The minimum Gasteiger partial charge on any atom is -0.465 e. The largest absolute Gasteiger partial charge is 0.465 e. The van der Waals surface area contributed by atoms with E-state index in [0.717, 1.165) is 44.2 Å². The van der Waals surface area contributed by atoms with Crippen LogP contribution in [0.15, 0.2) is 54.6 Å². The zero-order valence-corrected chi connectivity index (χ0v) is 15.5. The van der Waals surface area contributed by atoms with Gasteiger partial charge in [0.1, 0.15) is 5.75 Å². The predicted octanol–water partition coefficient (Wildman–Crippen LogP) is 5.05. The SMILES string of the molecule is c1ccc(CC2CCN(c3ccc(OC4CCCCO4)cc3)CC2)cc1. The summed E-state index contributed by atoms with van der Waals surface area (Å²) < 4.78 is 11.6. The van der Waals surface area contributed by atoms with E-state index in [1.165, 1.54) is 36.9 Å². The Morgan fingerprint density at radius 1 is 0.885 bits per heavy atom. The van der Waals surface area contributed by atoms with Crippen LogP contribution in [-0.2, 0) is 11.2 Å². The number of rotatable bonds is 5. The topological polar surface area (TPSA) is 21.7 Å². The van der Waals surface area contributed by atoms with E-state index in [2.05, 4.69) is 59.5 Å². The number of nitrogens with zero attached hydrogens (tertiary/aromatic N) is 1. The minimum atomic E-state index is -0.0664. The Kier molecular flexibility index (Phi) is 5.75. The minimum absolute atomic E-state index is 0.0664. The van der Waals surface area contributed by atoms with Crippen molar-refractivity contribution in [1.29, 1.82) is 0 Å². The van der Waals surface area contributed by atoms with Gasteiger partial charge in [-0.2, -0.15) is 0 Å². The van der Waals surface area contributed by atoms with Gasteiger partial charge in [-0.25, -0.2) is 0 Å². The summed E-state index contributed by atoms with van der Waals surface area (Å²) in [4.78, 5) is 2.50. The average Bonchev–Trinajstić information content (AvgIpc) is 2.71. The van der Waals surface area contributed by atoms with Crippen molar-refractivity contribution in [3.05, 3.63) is 60.2 Å². The van der Waals surface area contributed by atoms with Crippen molar-refractivity contribution in [2.24, 2.45) is 5.92 Å². The molecule has 0 radical (unpaired) electrons. The summed E-state index contributed by atoms with van der Waals surface area (Å²) in [5.41, 5.74) is 2.78. The summed E-state index contributed by atoms with van der Waals surface area (Å²) in [5, 5.41) is 0. The Bertz CT molecular complexity index is 656. The molecular formula is C23H29NO2. The molecule has 0 N–H and O–H groups in total. The third kappa shape index (κ3) is 4.59. The summed E-state index contributed by atoms with van der Waals surface area (Å²) in [6, 6.07) is 19.4. The summed E-state index contributed by atoms with van der Waals surface area (Å²) in [5.74, 6) is 1.72. The van der Waals surface area contributed by atoms with E-state index in [9.17, 15) is 0 Å². The molecule has 2 aliphatic rings. The van der Waals surface area contributed by atoms with E-state index in [1.54, 1.807) is 0 Å². The van der Waals surface area contributed by atoms with Gasteiger partial charge in [0.15, 0.2) is 6.29 Å². The fraction of sp³-hybridized carbons (Fsp3) is 0.478. The molecule has 0 saturated carbocycles. The molecule has 138 valence electrons. The maximum atomic E-state index is 5.94. The van der Waals surface area contributed by atoms with Gasteiger partial charge in [0.05, 0.1) is 6.61 Å². The highest BCUT2D eigenvalue weighted by Crippen LogP contribution is 2.28. The molecule has 1 unspecified atom stereocenters. The highest BCUT2D eigenvalue weighted by Gasteiger charge is 2.20. The van der Waals surface area contributed by atoms with Crippen molar-refractivity contribution in [3.63, 3.8) is 0 Å². The van der Waals surface area contributed by atoms with Crippen LogP contribution in [0.5, 0.6) is 5.75 Å². The van der Waals surface area contributed by atoms with Gasteiger partial charge in [0, 0.05) is 25.2 Å². The lowest BCUT2D eigenvalue weighted by atomic mass is 9.90. The van der Waals surface area contributed by atoms with Crippen LogP contribution in [0.25, 0.3) is 0 Å². The third-order valence-corrected chi connectivity index (χ3v) is 5.59. The molecule has 3 nitrogen and oxygen atoms in total. The third-order valence-electron chi connectivity index (χ3n) is 5.59. The molecule has 2 aromatic rings. The smallest absolute Gasteiger partial charge is 0.199 e.